The molecule has 17 heavy (non-hydrogen) atoms. The number of rotatable bonds is 4. The van der Waals surface area contributed by atoms with E-state index in [0.717, 1.165) is 38.1 Å². The van der Waals surface area contributed by atoms with Crippen molar-refractivity contribution in [1.82, 2.24) is 5.32 Å². The van der Waals surface area contributed by atoms with Gasteiger partial charge in [0.05, 0.1) is 6.54 Å². The van der Waals surface area contributed by atoms with Gasteiger partial charge in [0.1, 0.15) is 0 Å². The van der Waals surface area contributed by atoms with Crippen molar-refractivity contribution in [2.45, 2.75) is 38.4 Å². The number of nitrogens with zero attached hydrogens (tertiary/aromatic N) is 1. The number of thioether (sulfide) groups is 1. The molecule has 0 spiro atoms. The summed E-state index contributed by atoms with van der Waals surface area (Å²) in [6.45, 7) is 8.51. The van der Waals surface area contributed by atoms with Crippen LogP contribution in [-0.2, 0) is 4.74 Å². The van der Waals surface area contributed by atoms with Crippen molar-refractivity contribution in [3.8, 4) is 0 Å². The summed E-state index contributed by atoms with van der Waals surface area (Å²) < 4.78 is 5.37. The minimum absolute atomic E-state index is 0.701. The molecule has 0 aliphatic carbocycles. The largest absolute Gasteiger partial charge is 0.381 e. The van der Waals surface area contributed by atoms with Crippen LogP contribution in [-0.4, -0.2) is 36.7 Å². The quantitative estimate of drug-likeness (QED) is 0.839. The van der Waals surface area contributed by atoms with Gasteiger partial charge in [-0.2, -0.15) is 0 Å². The van der Waals surface area contributed by atoms with Crippen molar-refractivity contribution in [2.24, 2.45) is 16.8 Å². The van der Waals surface area contributed by atoms with E-state index in [1.807, 2.05) is 11.8 Å². The topological polar surface area (TPSA) is 33.6 Å². The molecule has 98 valence electrons. The van der Waals surface area contributed by atoms with Crippen LogP contribution in [0.15, 0.2) is 4.99 Å². The second kappa shape index (κ2) is 6.64. The molecule has 2 aliphatic rings. The molecule has 1 saturated heterocycles. The summed E-state index contributed by atoms with van der Waals surface area (Å²) in [5.74, 6) is 1.55. The standard InChI is InChI=1S/C13H24N2OS/c1-10(2)7-12-9-15-13(17-12)14-8-11-3-5-16-6-4-11/h10-12H,3-9H2,1-2H3,(H,14,15). The zero-order chi connectivity index (χ0) is 12.1. The molecule has 1 unspecified atom stereocenters. The molecule has 2 aliphatic heterocycles. The molecule has 0 saturated carbocycles. The first kappa shape index (κ1) is 13.2. The number of hydrogen-bond acceptors (Lipinski definition) is 4. The minimum Gasteiger partial charge on any atom is -0.381 e. The summed E-state index contributed by atoms with van der Waals surface area (Å²) in [6, 6.07) is 0. The maximum atomic E-state index is 5.37. The molecule has 2 rings (SSSR count). The average Bonchev–Trinajstić information content (AvgIpc) is 2.75. The first-order chi connectivity index (χ1) is 8.24. The molecule has 0 bridgehead atoms. The fourth-order valence-corrected chi connectivity index (χ4v) is 3.61. The molecule has 2 heterocycles. The highest BCUT2D eigenvalue weighted by atomic mass is 32.2. The van der Waals surface area contributed by atoms with Gasteiger partial charge < -0.3 is 10.1 Å². The number of hydrogen-bond donors (Lipinski definition) is 1. The van der Waals surface area contributed by atoms with Gasteiger partial charge in [0.15, 0.2) is 5.17 Å². The summed E-state index contributed by atoms with van der Waals surface area (Å²) in [4.78, 5) is 4.59. The highest BCUT2D eigenvalue weighted by Gasteiger charge is 2.21. The maximum Gasteiger partial charge on any atom is 0.156 e. The normalized spacial score (nSPS) is 26.3. The Hall–Kier alpha value is -0.220. The zero-order valence-electron chi connectivity index (χ0n) is 10.9. The van der Waals surface area contributed by atoms with Crippen LogP contribution in [0.3, 0.4) is 0 Å². The van der Waals surface area contributed by atoms with Gasteiger partial charge >= 0.3 is 0 Å². The lowest BCUT2D eigenvalue weighted by molar-refractivity contribution is 0.0676. The van der Waals surface area contributed by atoms with E-state index < -0.39 is 0 Å². The summed E-state index contributed by atoms with van der Waals surface area (Å²) in [6.07, 6.45) is 3.66. The van der Waals surface area contributed by atoms with Crippen LogP contribution in [0, 0.1) is 11.8 Å². The Morgan fingerprint density at radius 2 is 2.18 bits per heavy atom. The van der Waals surface area contributed by atoms with E-state index in [-0.39, 0.29) is 0 Å². The van der Waals surface area contributed by atoms with Crippen molar-refractivity contribution >= 4 is 16.9 Å². The first-order valence-corrected chi connectivity index (χ1v) is 7.64. The maximum absolute atomic E-state index is 5.37. The average molecular weight is 256 g/mol. The van der Waals surface area contributed by atoms with E-state index in [4.69, 9.17) is 4.74 Å². The van der Waals surface area contributed by atoms with Crippen molar-refractivity contribution in [1.29, 1.82) is 0 Å². The van der Waals surface area contributed by atoms with Crippen LogP contribution >= 0.6 is 11.8 Å². The Labute approximate surface area is 109 Å². The highest BCUT2D eigenvalue weighted by molar-refractivity contribution is 8.14. The van der Waals surface area contributed by atoms with Gasteiger partial charge in [-0.15, -0.1) is 0 Å². The second-order valence-electron chi connectivity index (χ2n) is 5.45. The third-order valence-corrected chi connectivity index (χ3v) is 4.51. The molecule has 0 amide bonds. The van der Waals surface area contributed by atoms with Crippen LogP contribution in [0.25, 0.3) is 0 Å². The van der Waals surface area contributed by atoms with Crippen molar-refractivity contribution in [3.63, 3.8) is 0 Å². The lowest BCUT2D eigenvalue weighted by Crippen LogP contribution is -2.30. The Morgan fingerprint density at radius 3 is 2.88 bits per heavy atom. The molecule has 0 aromatic carbocycles. The van der Waals surface area contributed by atoms with Crippen LogP contribution < -0.4 is 5.32 Å². The summed E-state index contributed by atoms with van der Waals surface area (Å²) in [5.41, 5.74) is 0. The lowest BCUT2D eigenvalue weighted by Gasteiger charge is -2.22. The summed E-state index contributed by atoms with van der Waals surface area (Å²) >= 11 is 1.94. The van der Waals surface area contributed by atoms with Gasteiger partial charge in [-0.05, 0) is 31.1 Å². The molecule has 1 atom stereocenters. The zero-order valence-corrected chi connectivity index (χ0v) is 11.8. The second-order valence-corrected chi connectivity index (χ2v) is 6.74. The molecular formula is C13H24N2OS. The summed E-state index contributed by atoms with van der Waals surface area (Å²) in [5, 5.41) is 5.38. The molecule has 0 aromatic heterocycles. The number of amidine groups is 1. The van der Waals surface area contributed by atoms with Crippen LogP contribution in [0.2, 0.25) is 0 Å². The Bertz CT molecular complexity index is 262. The van der Waals surface area contributed by atoms with E-state index in [9.17, 15) is 0 Å². The number of aliphatic imine (C=N–C) groups is 1. The Kier molecular flexibility index (Phi) is 5.16. The third kappa shape index (κ3) is 4.51. The molecule has 4 heteroatoms. The molecular weight excluding hydrogens is 232 g/mol. The number of ether oxygens (including phenoxy) is 1. The SMILES string of the molecule is CC(C)CC1CN=C(NCC2CCOCC2)S1. The number of nitrogens with one attached hydrogen (secondary N) is 1. The van der Waals surface area contributed by atoms with E-state index in [1.54, 1.807) is 0 Å². The predicted octanol–water partition coefficient (Wildman–Crippen LogP) is 2.52. The fraction of sp³-hybridized carbons (Fsp3) is 0.923. The molecule has 3 nitrogen and oxygen atoms in total. The molecule has 1 N–H and O–H groups in total. The van der Waals surface area contributed by atoms with Crippen LogP contribution in [0.5, 0.6) is 0 Å². The predicted molar refractivity (Wildman–Crippen MR) is 74.7 cm³/mol. The molecule has 0 aromatic rings. The molecule has 0 radical (unpaired) electrons. The van der Waals surface area contributed by atoms with Crippen LogP contribution in [0.1, 0.15) is 33.1 Å². The van der Waals surface area contributed by atoms with Gasteiger partial charge in [0.25, 0.3) is 0 Å². The van der Waals surface area contributed by atoms with E-state index in [1.165, 1.54) is 24.4 Å². The summed E-state index contributed by atoms with van der Waals surface area (Å²) in [7, 11) is 0. The van der Waals surface area contributed by atoms with Gasteiger partial charge in [0, 0.05) is 25.0 Å². The monoisotopic (exact) mass is 256 g/mol. The van der Waals surface area contributed by atoms with E-state index in [0.29, 0.717) is 5.25 Å². The van der Waals surface area contributed by atoms with Gasteiger partial charge in [-0.3, -0.25) is 4.99 Å². The van der Waals surface area contributed by atoms with Gasteiger partial charge in [-0.1, -0.05) is 25.6 Å². The van der Waals surface area contributed by atoms with Crippen molar-refractivity contribution < 1.29 is 4.74 Å². The third-order valence-electron chi connectivity index (χ3n) is 3.33. The molecule has 1 fully saturated rings. The Morgan fingerprint density at radius 1 is 1.41 bits per heavy atom. The van der Waals surface area contributed by atoms with Gasteiger partial charge in [0.2, 0.25) is 0 Å². The van der Waals surface area contributed by atoms with Gasteiger partial charge in [-0.25, -0.2) is 0 Å². The fourth-order valence-electron chi connectivity index (χ4n) is 2.35. The smallest absolute Gasteiger partial charge is 0.156 e. The lowest BCUT2D eigenvalue weighted by atomic mass is 10.0. The minimum atomic E-state index is 0.701. The van der Waals surface area contributed by atoms with Crippen LogP contribution in [0.4, 0.5) is 0 Å². The van der Waals surface area contributed by atoms with Crippen molar-refractivity contribution in [2.75, 3.05) is 26.3 Å². The first-order valence-electron chi connectivity index (χ1n) is 6.76. The van der Waals surface area contributed by atoms with E-state index >= 15 is 0 Å². The highest BCUT2D eigenvalue weighted by Crippen LogP contribution is 2.25. The Balaban J connectivity index is 1.63. The van der Waals surface area contributed by atoms with E-state index in [2.05, 4.69) is 24.2 Å². The van der Waals surface area contributed by atoms with Crippen molar-refractivity contribution in [3.05, 3.63) is 0 Å².